The van der Waals surface area contributed by atoms with Crippen LogP contribution in [0.5, 0.6) is 17.2 Å². The fourth-order valence-electron chi connectivity index (χ4n) is 2.43. The van der Waals surface area contributed by atoms with E-state index in [1.807, 2.05) is 31.2 Å². The average molecular weight is 371 g/mol. The first-order chi connectivity index (χ1) is 13.2. The lowest BCUT2D eigenvalue weighted by Gasteiger charge is -2.18. The summed E-state index contributed by atoms with van der Waals surface area (Å²) in [5.41, 5.74) is 0.889. The number of ether oxygens (including phenoxy) is 4. The van der Waals surface area contributed by atoms with Gasteiger partial charge in [-0.1, -0.05) is 6.92 Å². The van der Waals surface area contributed by atoms with Crippen LogP contribution >= 0.6 is 0 Å². The van der Waals surface area contributed by atoms with Gasteiger partial charge < -0.3 is 24.3 Å². The maximum atomic E-state index is 12.1. The quantitative estimate of drug-likeness (QED) is 0.567. The van der Waals surface area contributed by atoms with Gasteiger partial charge in [0.25, 0.3) is 5.91 Å². The van der Waals surface area contributed by atoms with Crippen LogP contribution in [-0.2, 0) is 9.53 Å². The summed E-state index contributed by atoms with van der Waals surface area (Å²) in [6.07, 6.45) is 0.953. The second-order valence-electron chi connectivity index (χ2n) is 5.85. The van der Waals surface area contributed by atoms with Crippen molar-refractivity contribution >= 4 is 17.6 Å². The first-order valence-corrected chi connectivity index (χ1v) is 8.75. The summed E-state index contributed by atoms with van der Waals surface area (Å²) >= 11 is 0. The predicted molar refractivity (Wildman–Crippen MR) is 98.6 cm³/mol. The van der Waals surface area contributed by atoms with Gasteiger partial charge in [0.1, 0.15) is 30.5 Å². The van der Waals surface area contributed by atoms with Crippen molar-refractivity contribution in [2.45, 2.75) is 13.3 Å². The maximum Gasteiger partial charge on any atom is 0.338 e. The SMILES string of the molecule is CCCOc1ccc(OCCOC(=O)c2ccc3c(c2)OCC(=O)N3)cc1. The summed E-state index contributed by atoms with van der Waals surface area (Å²) in [5.74, 6) is 1.21. The van der Waals surface area contributed by atoms with Gasteiger partial charge >= 0.3 is 5.97 Å². The predicted octanol–water partition coefficient (Wildman–Crippen LogP) is 3.04. The molecular formula is C20H21NO6. The van der Waals surface area contributed by atoms with Crippen LogP contribution in [0.1, 0.15) is 23.7 Å². The minimum atomic E-state index is -0.481. The Bertz CT molecular complexity index is 803. The monoisotopic (exact) mass is 371 g/mol. The molecule has 1 amide bonds. The van der Waals surface area contributed by atoms with E-state index in [1.54, 1.807) is 18.2 Å². The second kappa shape index (κ2) is 8.93. The van der Waals surface area contributed by atoms with Crippen LogP contribution in [0.15, 0.2) is 42.5 Å². The summed E-state index contributed by atoms with van der Waals surface area (Å²) in [4.78, 5) is 23.4. The van der Waals surface area contributed by atoms with Gasteiger partial charge in [-0.15, -0.1) is 0 Å². The molecule has 7 nitrogen and oxygen atoms in total. The number of carbonyl (C=O) groups excluding carboxylic acids is 2. The van der Waals surface area contributed by atoms with E-state index in [9.17, 15) is 9.59 Å². The number of nitrogens with one attached hydrogen (secondary N) is 1. The number of hydrogen-bond donors (Lipinski definition) is 1. The van der Waals surface area contributed by atoms with Crippen molar-refractivity contribution in [1.29, 1.82) is 0 Å². The standard InChI is InChI=1S/C20H21NO6/c1-2-9-24-15-4-6-16(7-5-15)25-10-11-26-20(23)14-3-8-17-18(12-14)27-13-19(22)21-17/h3-8,12H,2,9-11,13H2,1H3,(H,21,22). The zero-order valence-electron chi connectivity index (χ0n) is 15.0. The number of carbonyl (C=O) groups is 2. The van der Waals surface area contributed by atoms with Gasteiger partial charge in [-0.05, 0) is 48.9 Å². The molecule has 0 bridgehead atoms. The van der Waals surface area contributed by atoms with Crippen molar-refractivity contribution in [2.75, 3.05) is 31.7 Å². The number of hydrogen-bond acceptors (Lipinski definition) is 6. The van der Waals surface area contributed by atoms with Gasteiger partial charge in [0.15, 0.2) is 6.61 Å². The molecule has 7 heteroatoms. The van der Waals surface area contributed by atoms with Crippen molar-refractivity contribution in [3.8, 4) is 17.2 Å². The van der Waals surface area contributed by atoms with Crippen molar-refractivity contribution < 1.29 is 28.5 Å². The van der Waals surface area contributed by atoms with E-state index in [2.05, 4.69) is 5.32 Å². The summed E-state index contributed by atoms with van der Waals surface area (Å²) in [6.45, 7) is 3.01. The molecule has 3 rings (SSSR count). The number of rotatable bonds is 8. The molecule has 1 N–H and O–H groups in total. The minimum absolute atomic E-state index is 0.0678. The Hall–Kier alpha value is -3.22. The van der Waals surface area contributed by atoms with Gasteiger partial charge in [-0.2, -0.15) is 0 Å². The molecule has 0 aromatic heterocycles. The Morgan fingerprint density at radius 1 is 1.04 bits per heavy atom. The number of esters is 1. The molecule has 0 aliphatic carbocycles. The van der Waals surface area contributed by atoms with Gasteiger partial charge in [0, 0.05) is 0 Å². The van der Waals surface area contributed by atoms with Gasteiger partial charge in [0.2, 0.25) is 0 Å². The zero-order valence-corrected chi connectivity index (χ0v) is 15.0. The van der Waals surface area contributed by atoms with Crippen molar-refractivity contribution in [3.05, 3.63) is 48.0 Å². The molecule has 142 valence electrons. The highest BCUT2D eigenvalue weighted by atomic mass is 16.6. The largest absolute Gasteiger partial charge is 0.494 e. The Labute approximate surface area is 157 Å². The molecule has 0 spiro atoms. The average Bonchev–Trinajstić information content (AvgIpc) is 2.70. The van der Waals surface area contributed by atoms with E-state index >= 15 is 0 Å². The highest BCUT2D eigenvalue weighted by molar-refractivity contribution is 5.97. The first-order valence-electron chi connectivity index (χ1n) is 8.75. The smallest absolute Gasteiger partial charge is 0.338 e. The molecule has 0 atom stereocenters. The van der Waals surface area contributed by atoms with Crippen LogP contribution in [0, 0.1) is 0 Å². The Morgan fingerprint density at radius 3 is 2.44 bits per heavy atom. The van der Waals surface area contributed by atoms with Crippen LogP contribution in [0.3, 0.4) is 0 Å². The van der Waals surface area contributed by atoms with Crippen LogP contribution in [-0.4, -0.2) is 38.3 Å². The third-order valence-corrected chi connectivity index (χ3v) is 3.73. The van der Waals surface area contributed by atoms with E-state index in [-0.39, 0.29) is 25.7 Å². The van der Waals surface area contributed by atoms with Crippen molar-refractivity contribution in [3.63, 3.8) is 0 Å². The molecule has 1 aliphatic heterocycles. The molecule has 2 aromatic carbocycles. The molecule has 0 radical (unpaired) electrons. The molecule has 2 aromatic rings. The summed E-state index contributed by atoms with van der Waals surface area (Å²) in [5, 5.41) is 2.67. The van der Waals surface area contributed by atoms with E-state index in [0.717, 1.165) is 12.2 Å². The molecule has 0 unspecified atom stereocenters. The number of benzene rings is 2. The number of fused-ring (bicyclic) bond motifs is 1. The third-order valence-electron chi connectivity index (χ3n) is 3.73. The van der Waals surface area contributed by atoms with Crippen molar-refractivity contribution in [2.24, 2.45) is 0 Å². The molecule has 0 saturated heterocycles. The Morgan fingerprint density at radius 2 is 1.74 bits per heavy atom. The molecule has 27 heavy (non-hydrogen) atoms. The van der Waals surface area contributed by atoms with E-state index in [0.29, 0.717) is 29.4 Å². The highest BCUT2D eigenvalue weighted by Gasteiger charge is 2.18. The molecule has 0 fully saturated rings. The van der Waals surface area contributed by atoms with Crippen LogP contribution in [0.25, 0.3) is 0 Å². The Kier molecular flexibility index (Phi) is 6.14. The second-order valence-corrected chi connectivity index (χ2v) is 5.85. The summed E-state index contributed by atoms with van der Waals surface area (Å²) in [6, 6.07) is 12.0. The number of amides is 1. The fraction of sp³-hybridized carbons (Fsp3) is 0.300. The molecule has 1 heterocycles. The highest BCUT2D eigenvalue weighted by Crippen LogP contribution is 2.28. The maximum absolute atomic E-state index is 12.1. The normalized spacial score (nSPS) is 12.4. The summed E-state index contributed by atoms with van der Waals surface area (Å²) < 4.78 is 21.5. The molecule has 0 saturated carbocycles. The van der Waals surface area contributed by atoms with Gasteiger partial charge in [0.05, 0.1) is 17.9 Å². The number of anilines is 1. The Balaban J connectivity index is 1.44. The van der Waals surface area contributed by atoms with Crippen LogP contribution < -0.4 is 19.5 Å². The lowest BCUT2D eigenvalue weighted by Crippen LogP contribution is -2.25. The van der Waals surface area contributed by atoms with Crippen molar-refractivity contribution in [1.82, 2.24) is 0 Å². The van der Waals surface area contributed by atoms with E-state index in [4.69, 9.17) is 18.9 Å². The van der Waals surface area contributed by atoms with Gasteiger partial charge in [-0.3, -0.25) is 4.79 Å². The zero-order chi connectivity index (χ0) is 19.1. The fourth-order valence-corrected chi connectivity index (χ4v) is 2.43. The minimum Gasteiger partial charge on any atom is -0.494 e. The third kappa shape index (κ3) is 5.13. The van der Waals surface area contributed by atoms with Crippen LogP contribution in [0.2, 0.25) is 0 Å². The van der Waals surface area contributed by atoms with E-state index in [1.165, 1.54) is 0 Å². The molecule has 1 aliphatic rings. The lowest BCUT2D eigenvalue weighted by molar-refractivity contribution is -0.118. The van der Waals surface area contributed by atoms with E-state index < -0.39 is 5.97 Å². The van der Waals surface area contributed by atoms with Crippen LogP contribution in [0.4, 0.5) is 5.69 Å². The van der Waals surface area contributed by atoms with Gasteiger partial charge in [-0.25, -0.2) is 4.79 Å². The molecular weight excluding hydrogens is 350 g/mol. The topological polar surface area (TPSA) is 83.1 Å². The lowest BCUT2D eigenvalue weighted by atomic mass is 10.1. The summed E-state index contributed by atoms with van der Waals surface area (Å²) in [7, 11) is 0. The first kappa shape index (κ1) is 18.6.